The third-order valence-electron chi connectivity index (χ3n) is 0.224. The van der Waals surface area contributed by atoms with E-state index < -0.39 is 0 Å². The van der Waals surface area contributed by atoms with E-state index in [0.717, 1.165) is 14.2 Å². The van der Waals surface area contributed by atoms with E-state index in [1.54, 1.807) is 6.07 Å². The number of hydrogen-bond acceptors (Lipinski definition) is 4. The summed E-state index contributed by atoms with van der Waals surface area (Å²) >= 11 is 0. The molecule has 0 aliphatic rings. The predicted octanol–water partition coefficient (Wildman–Crippen LogP) is -0.891. The summed E-state index contributed by atoms with van der Waals surface area (Å²) in [5.74, 6) is 0. The van der Waals surface area contributed by atoms with Gasteiger partial charge in [0.05, 0.1) is 19.1 Å². The first-order chi connectivity index (χ1) is 4.41. The molecule has 0 aliphatic heterocycles. The molecule has 0 saturated heterocycles. The van der Waals surface area contributed by atoms with E-state index in [1.807, 2.05) is 0 Å². The van der Waals surface area contributed by atoms with E-state index in [0.29, 0.717) is 0 Å². The van der Waals surface area contributed by atoms with Crippen molar-refractivity contribution in [3.05, 3.63) is 0 Å². The molecule has 0 aromatic rings. The predicted molar refractivity (Wildman–Crippen MR) is 33.6 cm³/mol. The van der Waals surface area contributed by atoms with Gasteiger partial charge in [-0.2, -0.15) is 5.26 Å². The molecule has 0 aromatic heterocycles. The summed E-state index contributed by atoms with van der Waals surface area (Å²) in [6, 6.07) is 1.77. The van der Waals surface area contributed by atoms with Gasteiger partial charge in [-0.25, -0.2) is 0 Å². The van der Waals surface area contributed by atoms with Gasteiger partial charge in [0.2, 0.25) is 0 Å². The molecule has 56 valence electrons. The summed E-state index contributed by atoms with van der Waals surface area (Å²) < 4.78 is 0. The Hall–Kier alpha value is -0.630. The molecule has 0 fully saturated rings. The van der Waals surface area contributed by atoms with Gasteiger partial charge in [0, 0.05) is 14.2 Å². The third kappa shape index (κ3) is 113. The van der Waals surface area contributed by atoms with Crippen molar-refractivity contribution >= 4 is 0 Å². The second-order valence-electron chi connectivity index (χ2n) is 0.632. The van der Waals surface area contributed by atoms with Crippen molar-refractivity contribution in [2.24, 2.45) is 0 Å². The Morgan fingerprint density at radius 3 is 1.56 bits per heavy atom. The fourth-order valence-electron chi connectivity index (χ4n) is 0.0500. The Morgan fingerprint density at radius 1 is 1.22 bits per heavy atom. The fourth-order valence-corrected chi connectivity index (χ4v) is 0.0500. The molecule has 0 amide bonds. The Labute approximate surface area is 55.0 Å². The van der Waals surface area contributed by atoms with E-state index in [2.05, 4.69) is 0 Å². The lowest BCUT2D eigenvalue weighted by atomic mass is 10.5. The minimum absolute atomic E-state index is 0.0174. The highest BCUT2D eigenvalue weighted by Crippen LogP contribution is 1.62. The van der Waals surface area contributed by atoms with Crippen LogP contribution in [0.2, 0.25) is 0 Å². The average molecular weight is 135 g/mol. The van der Waals surface area contributed by atoms with Gasteiger partial charge >= 0.3 is 0 Å². The maximum absolute atomic E-state index is 7.84. The molecule has 4 heteroatoms. The van der Waals surface area contributed by atoms with Crippen LogP contribution in [0.25, 0.3) is 0 Å². The van der Waals surface area contributed by atoms with Gasteiger partial charge in [0.25, 0.3) is 0 Å². The van der Waals surface area contributed by atoms with Crippen molar-refractivity contribution in [3.63, 3.8) is 0 Å². The number of nitriles is 1. The summed E-state index contributed by atoms with van der Waals surface area (Å²) in [6.07, 6.45) is 0.250. The molecule has 0 unspecified atom stereocenters. The van der Waals surface area contributed by atoms with E-state index in [-0.39, 0.29) is 13.0 Å². The number of nitrogens with zero attached hydrogens (tertiary/aromatic N) is 1. The second-order valence-corrected chi connectivity index (χ2v) is 0.632. The molecular weight excluding hydrogens is 122 g/mol. The van der Waals surface area contributed by atoms with Crippen LogP contribution in [0.4, 0.5) is 0 Å². The third-order valence-corrected chi connectivity index (χ3v) is 0.224. The van der Waals surface area contributed by atoms with Crippen molar-refractivity contribution in [2.45, 2.75) is 6.42 Å². The first-order valence-corrected chi connectivity index (χ1v) is 2.29. The van der Waals surface area contributed by atoms with Gasteiger partial charge < -0.3 is 15.3 Å². The lowest BCUT2D eigenvalue weighted by Crippen LogP contribution is -1.72. The lowest BCUT2D eigenvalue weighted by molar-refractivity contribution is 0.304. The minimum Gasteiger partial charge on any atom is -0.400 e. The zero-order chi connectivity index (χ0) is 8.12. The minimum atomic E-state index is -0.0174. The standard InChI is InChI=1S/C3H5NO.2CH4O/c4-2-1-3-5;2*1-2/h5H,1,3H2;2*2H,1H3. The number of aliphatic hydroxyl groups excluding tert-OH is 3. The van der Waals surface area contributed by atoms with Crippen molar-refractivity contribution in [1.29, 1.82) is 5.26 Å². The molecule has 0 radical (unpaired) electrons. The molecule has 4 nitrogen and oxygen atoms in total. The van der Waals surface area contributed by atoms with Crippen LogP contribution in [0.1, 0.15) is 6.42 Å². The Kier molecular flexibility index (Phi) is 93.3. The van der Waals surface area contributed by atoms with Gasteiger partial charge in [0.1, 0.15) is 0 Å². The van der Waals surface area contributed by atoms with Crippen molar-refractivity contribution in [1.82, 2.24) is 0 Å². The SMILES string of the molecule is CO.CO.N#CCCO. The van der Waals surface area contributed by atoms with Gasteiger partial charge in [0.15, 0.2) is 0 Å². The highest BCUT2D eigenvalue weighted by Gasteiger charge is 1.66. The van der Waals surface area contributed by atoms with E-state index in [4.69, 9.17) is 20.6 Å². The summed E-state index contributed by atoms with van der Waals surface area (Å²) in [6.45, 7) is -0.0174. The quantitative estimate of drug-likeness (QED) is 0.435. The lowest BCUT2D eigenvalue weighted by Gasteiger charge is -1.67. The maximum Gasteiger partial charge on any atom is 0.0645 e. The molecule has 0 atom stereocenters. The first-order valence-electron chi connectivity index (χ1n) is 2.29. The van der Waals surface area contributed by atoms with Crippen molar-refractivity contribution in [3.8, 4) is 6.07 Å². The van der Waals surface area contributed by atoms with Crippen LogP contribution in [-0.4, -0.2) is 36.1 Å². The topological polar surface area (TPSA) is 84.5 Å². The van der Waals surface area contributed by atoms with E-state index in [1.165, 1.54) is 0 Å². The number of rotatable bonds is 1. The fraction of sp³-hybridized carbons (Fsp3) is 0.800. The van der Waals surface area contributed by atoms with Crippen molar-refractivity contribution in [2.75, 3.05) is 20.8 Å². The van der Waals surface area contributed by atoms with Crippen molar-refractivity contribution < 1.29 is 15.3 Å². The second kappa shape index (κ2) is 53.2. The maximum atomic E-state index is 7.84. The van der Waals surface area contributed by atoms with Gasteiger partial charge in [-0.1, -0.05) is 0 Å². The highest BCUT2D eigenvalue weighted by atomic mass is 16.3. The molecule has 0 aromatic carbocycles. The van der Waals surface area contributed by atoms with Crippen LogP contribution in [-0.2, 0) is 0 Å². The zero-order valence-corrected chi connectivity index (χ0v) is 5.70. The monoisotopic (exact) mass is 135 g/mol. The largest absolute Gasteiger partial charge is 0.400 e. The Balaban J connectivity index is -0.0000000771. The molecule has 9 heavy (non-hydrogen) atoms. The van der Waals surface area contributed by atoms with E-state index >= 15 is 0 Å². The summed E-state index contributed by atoms with van der Waals surface area (Å²) in [5.41, 5.74) is 0. The zero-order valence-electron chi connectivity index (χ0n) is 5.70. The Bertz CT molecular complexity index is 50.7. The molecule has 0 aliphatic carbocycles. The van der Waals surface area contributed by atoms with Gasteiger partial charge in [-0.15, -0.1) is 0 Å². The molecule has 0 spiro atoms. The van der Waals surface area contributed by atoms with Crippen LogP contribution >= 0.6 is 0 Å². The smallest absolute Gasteiger partial charge is 0.0645 e. The average Bonchev–Trinajstić information content (AvgIpc) is 1.98. The highest BCUT2D eigenvalue weighted by molar-refractivity contribution is 4.65. The molecule has 3 N–H and O–H groups in total. The number of hydrogen-bond donors (Lipinski definition) is 3. The molecule has 0 heterocycles. The molecule has 0 saturated carbocycles. The molecule has 0 bridgehead atoms. The Morgan fingerprint density at radius 2 is 1.56 bits per heavy atom. The first kappa shape index (κ1) is 15.8. The normalized spacial score (nSPS) is 4.89. The van der Waals surface area contributed by atoms with Crippen LogP contribution in [0.15, 0.2) is 0 Å². The molecular formula is C5H13NO3. The summed E-state index contributed by atoms with van der Waals surface area (Å²) in [4.78, 5) is 0. The summed E-state index contributed by atoms with van der Waals surface area (Å²) in [5, 5.41) is 29.5. The van der Waals surface area contributed by atoms with Crippen LogP contribution < -0.4 is 0 Å². The van der Waals surface area contributed by atoms with Gasteiger partial charge in [-0.05, 0) is 0 Å². The summed E-state index contributed by atoms with van der Waals surface area (Å²) in [7, 11) is 2.00. The molecule has 0 rings (SSSR count). The van der Waals surface area contributed by atoms with E-state index in [9.17, 15) is 0 Å². The van der Waals surface area contributed by atoms with Crippen LogP contribution in [0, 0.1) is 11.3 Å². The van der Waals surface area contributed by atoms with Gasteiger partial charge in [-0.3, -0.25) is 0 Å². The van der Waals surface area contributed by atoms with Crippen LogP contribution in [0.5, 0.6) is 0 Å². The number of aliphatic hydroxyl groups is 3. The van der Waals surface area contributed by atoms with Crippen LogP contribution in [0.3, 0.4) is 0 Å².